The zero-order valence-electron chi connectivity index (χ0n) is 17.6. The van der Waals surface area contributed by atoms with Crippen LogP contribution in [0.25, 0.3) is 10.9 Å². The number of fused-ring (bicyclic) bond motifs is 1. The van der Waals surface area contributed by atoms with E-state index >= 15 is 0 Å². The number of hydrogen-bond acceptors (Lipinski definition) is 4. The summed E-state index contributed by atoms with van der Waals surface area (Å²) in [6, 6.07) is 7.09. The van der Waals surface area contributed by atoms with Gasteiger partial charge in [0.1, 0.15) is 5.82 Å². The zero-order valence-corrected chi connectivity index (χ0v) is 17.6. The highest BCUT2D eigenvalue weighted by Crippen LogP contribution is 2.22. The molecular formula is C22H33N3O3. The van der Waals surface area contributed by atoms with Crippen LogP contribution in [0.4, 0.5) is 0 Å². The third kappa shape index (κ3) is 5.19. The van der Waals surface area contributed by atoms with Crippen LogP contribution in [-0.4, -0.2) is 40.6 Å². The molecule has 1 aromatic carbocycles. The van der Waals surface area contributed by atoms with Gasteiger partial charge in [-0.2, -0.15) is 0 Å². The van der Waals surface area contributed by atoms with Gasteiger partial charge >= 0.3 is 0 Å². The molecule has 0 fully saturated rings. The van der Waals surface area contributed by atoms with Gasteiger partial charge < -0.3 is 9.64 Å². The van der Waals surface area contributed by atoms with Crippen LogP contribution < -0.4 is 5.56 Å². The molecule has 0 bridgehead atoms. The highest BCUT2D eigenvalue weighted by atomic mass is 16.5. The van der Waals surface area contributed by atoms with Crippen LogP contribution >= 0.6 is 0 Å². The van der Waals surface area contributed by atoms with Crippen LogP contribution in [0.1, 0.15) is 64.7 Å². The zero-order chi connectivity index (χ0) is 20.5. The standard InChI is InChI=1S/C22H33N3O3/c1-5-7-8-13-20(26)24(14-6-2)17(3)21-23-19-12-10-9-11-18(19)22(27)25(21)15-16-28-4/h9-12,17H,5-8,13-16H2,1-4H3. The topological polar surface area (TPSA) is 64.4 Å². The molecule has 0 radical (unpaired) electrons. The summed E-state index contributed by atoms with van der Waals surface area (Å²) < 4.78 is 6.87. The normalized spacial score (nSPS) is 12.3. The first kappa shape index (κ1) is 22.1. The lowest BCUT2D eigenvalue weighted by Crippen LogP contribution is -2.38. The number of nitrogens with zero attached hydrogens (tertiary/aromatic N) is 3. The summed E-state index contributed by atoms with van der Waals surface area (Å²) in [5.41, 5.74) is 0.581. The SMILES string of the molecule is CCCCCC(=O)N(CCC)C(C)c1nc2ccccc2c(=O)n1CCOC. The van der Waals surface area contributed by atoms with Gasteiger partial charge in [-0.1, -0.05) is 38.8 Å². The van der Waals surface area contributed by atoms with Crippen LogP contribution in [0.15, 0.2) is 29.1 Å². The molecule has 1 unspecified atom stereocenters. The number of unbranched alkanes of at least 4 members (excludes halogenated alkanes) is 2. The molecule has 6 heteroatoms. The molecule has 0 aliphatic rings. The molecule has 0 saturated carbocycles. The van der Waals surface area contributed by atoms with E-state index in [9.17, 15) is 9.59 Å². The fourth-order valence-electron chi connectivity index (χ4n) is 3.49. The Balaban J connectivity index is 2.46. The van der Waals surface area contributed by atoms with Crippen LogP contribution in [0, 0.1) is 0 Å². The molecule has 154 valence electrons. The van der Waals surface area contributed by atoms with Gasteiger partial charge in [0.15, 0.2) is 0 Å². The van der Waals surface area contributed by atoms with Gasteiger partial charge in [0.25, 0.3) is 5.56 Å². The molecule has 1 heterocycles. The fraction of sp³-hybridized carbons (Fsp3) is 0.591. The van der Waals surface area contributed by atoms with E-state index in [1.54, 1.807) is 17.7 Å². The fourth-order valence-corrected chi connectivity index (χ4v) is 3.49. The number of ether oxygens (including phenoxy) is 1. The second-order valence-corrected chi connectivity index (χ2v) is 7.16. The van der Waals surface area contributed by atoms with Gasteiger partial charge in [0.05, 0.1) is 30.1 Å². The minimum atomic E-state index is -0.275. The molecule has 1 atom stereocenters. The summed E-state index contributed by atoms with van der Waals surface area (Å²) in [4.78, 5) is 32.6. The van der Waals surface area contributed by atoms with E-state index in [2.05, 4.69) is 13.8 Å². The third-order valence-electron chi connectivity index (χ3n) is 5.03. The van der Waals surface area contributed by atoms with Crippen molar-refractivity contribution in [3.8, 4) is 0 Å². The maximum atomic E-state index is 13.1. The molecule has 0 saturated heterocycles. The molecule has 28 heavy (non-hydrogen) atoms. The van der Waals surface area contributed by atoms with Crippen LogP contribution in [-0.2, 0) is 16.1 Å². The number of hydrogen-bond donors (Lipinski definition) is 0. The van der Waals surface area contributed by atoms with Gasteiger partial charge in [-0.05, 0) is 31.9 Å². The molecule has 1 aromatic heterocycles. The Morgan fingerprint density at radius 2 is 1.96 bits per heavy atom. The smallest absolute Gasteiger partial charge is 0.261 e. The molecule has 0 N–H and O–H groups in total. The van der Waals surface area contributed by atoms with E-state index in [4.69, 9.17) is 9.72 Å². The van der Waals surface area contributed by atoms with Gasteiger partial charge in [-0.25, -0.2) is 4.98 Å². The van der Waals surface area contributed by atoms with Gasteiger partial charge in [0.2, 0.25) is 5.91 Å². The summed E-state index contributed by atoms with van der Waals surface area (Å²) in [5.74, 6) is 0.751. The lowest BCUT2D eigenvalue weighted by Gasteiger charge is -2.30. The first-order chi connectivity index (χ1) is 13.5. The Morgan fingerprint density at radius 3 is 2.64 bits per heavy atom. The highest BCUT2D eigenvalue weighted by Gasteiger charge is 2.25. The van der Waals surface area contributed by atoms with Crippen molar-refractivity contribution in [1.29, 1.82) is 0 Å². The van der Waals surface area contributed by atoms with Crippen LogP contribution in [0.5, 0.6) is 0 Å². The average Bonchev–Trinajstić information content (AvgIpc) is 2.71. The lowest BCUT2D eigenvalue weighted by molar-refractivity contribution is -0.133. The Labute approximate surface area is 167 Å². The largest absolute Gasteiger partial charge is 0.383 e. The van der Waals surface area contributed by atoms with E-state index in [1.807, 2.05) is 30.0 Å². The van der Waals surface area contributed by atoms with Crippen molar-refractivity contribution in [3.05, 3.63) is 40.4 Å². The number of rotatable bonds is 11. The van der Waals surface area contributed by atoms with Crippen molar-refractivity contribution >= 4 is 16.8 Å². The van der Waals surface area contributed by atoms with Crippen LogP contribution in [0.2, 0.25) is 0 Å². The van der Waals surface area contributed by atoms with Gasteiger partial charge in [0, 0.05) is 20.1 Å². The van der Waals surface area contributed by atoms with Crippen LogP contribution in [0.3, 0.4) is 0 Å². The Hall–Kier alpha value is -2.21. The van der Waals surface area contributed by atoms with Crippen molar-refractivity contribution in [2.45, 2.75) is 65.5 Å². The number of carbonyl (C=O) groups is 1. The molecule has 1 amide bonds. The number of methoxy groups -OCH3 is 1. The summed E-state index contributed by atoms with van der Waals surface area (Å²) in [6.45, 7) is 7.64. The van der Waals surface area contributed by atoms with Gasteiger partial charge in [-0.15, -0.1) is 0 Å². The number of amides is 1. The molecule has 2 aromatic rings. The Morgan fingerprint density at radius 1 is 1.21 bits per heavy atom. The minimum absolute atomic E-state index is 0.0839. The Bertz CT molecular complexity index is 831. The monoisotopic (exact) mass is 387 g/mol. The minimum Gasteiger partial charge on any atom is -0.383 e. The molecule has 2 rings (SSSR count). The maximum absolute atomic E-state index is 13.1. The van der Waals surface area contributed by atoms with Crippen molar-refractivity contribution in [2.75, 3.05) is 20.3 Å². The van der Waals surface area contributed by atoms with Crippen molar-refractivity contribution in [3.63, 3.8) is 0 Å². The number of carbonyl (C=O) groups excluding carboxylic acids is 1. The number of aromatic nitrogens is 2. The first-order valence-electron chi connectivity index (χ1n) is 10.3. The summed E-state index contributed by atoms with van der Waals surface area (Å²) >= 11 is 0. The second kappa shape index (κ2) is 11.0. The number of para-hydroxylation sites is 1. The van der Waals surface area contributed by atoms with E-state index in [1.165, 1.54) is 0 Å². The molecule has 0 spiro atoms. The summed E-state index contributed by atoms with van der Waals surface area (Å²) in [7, 11) is 1.61. The summed E-state index contributed by atoms with van der Waals surface area (Å²) in [6.07, 6.45) is 4.42. The lowest BCUT2D eigenvalue weighted by atomic mass is 10.1. The van der Waals surface area contributed by atoms with E-state index in [0.29, 0.717) is 42.8 Å². The maximum Gasteiger partial charge on any atom is 0.261 e. The first-order valence-corrected chi connectivity index (χ1v) is 10.3. The molecule has 0 aliphatic carbocycles. The molecule has 6 nitrogen and oxygen atoms in total. The predicted octanol–water partition coefficient (Wildman–Crippen LogP) is 3.92. The van der Waals surface area contributed by atoms with Crippen molar-refractivity contribution < 1.29 is 9.53 Å². The second-order valence-electron chi connectivity index (χ2n) is 7.16. The molecule has 0 aliphatic heterocycles. The van der Waals surface area contributed by atoms with E-state index in [-0.39, 0.29) is 17.5 Å². The third-order valence-corrected chi connectivity index (χ3v) is 5.03. The summed E-state index contributed by atoms with van der Waals surface area (Å²) in [5, 5.41) is 0.589. The average molecular weight is 388 g/mol. The Kier molecular flexibility index (Phi) is 8.64. The van der Waals surface area contributed by atoms with Crippen molar-refractivity contribution in [1.82, 2.24) is 14.5 Å². The highest BCUT2D eigenvalue weighted by molar-refractivity contribution is 5.78. The number of benzene rings is 1. The van der Waals surface area contributed by atoms with Gasteiger partial charge in [-0.3, -0.25) is 14.2 Å². The van der Waals surface area contributed by atoms with E-state index in [0.717, 1.165) is 25.7 Å². The predicted molar refractivity (Wildman–Crippen MR) is 112 cm³/mol. The van der Waals surface area contributed by atoms with E-state index < -0.39 is 0 Å². The molecular weight excluding hydrogens is 354 g/mol. The quantitative estimate of drug-likeness (QED) is 0.548. The van der Waals surface area contributed by atoms with Crippen molar-refractivity contribution in [2.24, 2.45) is 0 Å².